The smallest absolute Gasteiger partial charge is 0.339 e. The first kappa shape index (κ1) is 39.0. The molecule has 0 saturated heterocycles. The van der Waals surface area contributed by atoms with Crippen LogP contribution in [0.4, 0.5) is 74.6 Å². The Bertz CT molecular complexity index is 895. The summed E-state index contributed by atoms with van der Waals surface area (Å²) in [6.07, 6.45) is -10.8. The largest absolute Gasteiger partial charge is 0.460 e. The van der Waals surface area contributed by atoms with Crippen molar-refractivity contribution < 1.29 is 79.4 Å². The van der Waals surface area contributed by atoms with Gasteiger partial charge in [-0.3, -0.25) is 4.79 Å². The van der Waals surface area contributed by atoms with Gasteiger partial charge in [0.05, 0.1) is 0 Å². The molecule has 0 aliphatic carbocycles. The molecule has 1 amide bonds. The molecule has 0 aromatic heterocycles. The molecule has 41 heavy (non-hydrogen) atoms. The maximum atomic E-state index is 13.9. The van der Waals surface area contributed by atoms with Crippen molar-refractivity contribution in [2.75, 3.05) is 13.1 Å². The van der Waals surface area contributed by atoms with Crippen LogP contribution in [0.1, 0.15) is 58.8 Å². The number of carbonyl (C=O) groups is 1. The molecule has 0 heterocycles. The summed E-state index contributed by atoms with van der Waals surface area (Å²) >= 11 is 0. The normalized spacial score (nSPS) is 14.8. The van der Waals surface area contributed by atoms with E-state index in [2.05, 4.69) is 6.58 Å². The Kier molecular flexibility index (Phi) is 12.1. The van der Waals surface area contributed by atoms with Gasteiger partial charge in [0.15, 0.2) is 0 Å². The fraction of sp³-hybridized carbons (Fsp3) is 0.864. The average Bonchev–Trinajstić information content (AvgIpc) is 2.80. The van der Waals surface area contributed by atoms with Gasteiger partial charge in [0, 0.05) is 25.1 Å². The van der Waals surface area contributed by atoms with Crippen LogP contribution in [0.2, 0.25) is 0 Å². The highest BCUT2D eigenvalue weighted by atomic mass is 19.4. The molecule has 0 aromatic carbocycles. The number of rotatable bonds is 17. The highest BCUT2D eigenvalue weighted by Crippen LogP contribution is 2.64. The Balaban J connectivity index is 5.71. The van der Waals surface area contributed by atoms with Crippen LogP contribution in [0.15, 0.2) is 12.2 Å². The highest BCUT2D eigenvalue weighted by Gasteiger charge is 2.95. The second kappa shape index (κ2) is 12.7. The molecule has 19 heteroatoms. The number of amides is 1. The van der Waals surface area contributed by atoms with E-state index in [9.17, 15) is 79.4 Å². The van der Waals surface area contributed by atoms with Crippen LogP contribution in [0.3, 0.4) is 0 Å². The molecule has 0 aliphatic rings. The molecule has 0 fully saturated rings. The van der Waals surface area contributed by atoms with Crippen LogP contribution in [-0.2, 0) is 4.79 Å². The summed E-state index contributed by atoms with van der Waals surface area (Å²) < 4.78 is 226. The van der Waals surface area contributed by atoms with Gasteiger partial charge in [0.2, 0.25) is 5.91 Å². The van der Waals surface area contributed by atoms with Crippen LogP contribution in [0, 0.1) is 0 Å². The maximum Gasteiger partial charge on any atom is 0.460 e. The zero-order valence-electron chi connectivity index (χ0n) is 21.4. The topological polar surface area (TPSA) is 20.3 Å². The van der Waals surface area contributed by atoms with E-state index < -0.39 is 72.8 Å². The van der Waals surface area contributed by atoms with Crippen molar-refractivity contribution >= 4 is 5.91 Å². The monoisotopic (exact) mass is 643 g/mol. The summed E-state index contributed by atoms with van der Waals surface area (Å²) in [5.41, 5.74) is 0.145. The van der Waals surface area contributed by atoms with Crippen LogP contribution < -0.4 is 0 Å². The molecule has 0 saturated carbocycles. The van der Waals surface area contributed by atoms with Crippen molar-refractivity contribution in [2.45, 2.75) is 106 Å². The number of nitrogens with zero attached hydrogens (tertiary/aromatic N) is 1. The molecular weight excluding hydrogens is 617 g/mol. The van der Waals surface area contributed by atoms with Gasteiger partial charge in [-0.2, -0.15) is 74.6 Å². The van der Waals surface area contributed by atoms with E-state index in [1.165, 1.54) is 11.8 Å². The summed E-state index contributed by atoms with van der Waals surface area (Å²) in [5, 5.41) is 0. The van der Waals surface area contributed by atoms with Gasteiger partial charge in [-0.1, -0.05) is 32.8 Å². The SMILES string of the molecule is C=C(C)C(=O)N(CCCC)CCCCCCC(F)(F)C(F)(F)C(F)(F)C(F)(F)C(F)(F)C(F)(F)C(F)(F)C(F)(F)F. The number of halogens is 17. The van der Waals surface area contributed by atoms with E-state index in [1.54, 1.807) is 6.92 Å². The Hall–Kier alpha value is -1.98. The first-order valence-electron chi connectivity index (χ1n) is 11.7. The zero-order chi connectivity index (χ0) is 33.1. The van der Waals surface area contributed by atoms with E-state index in [4.69, 9.17) is 0 Å². The molecule has 2 nitrogen and oxygen atoms in total. The average molecular weight is 643 g/mol. The van der Waals surface area contributed by atoms with Crippen molar-refractivity contribution in [1.29, 1.82) is 0 Å². The summed E-state index contributed by atoms with van der Waals surface area (Å²) in [4.78, 5) is 13.4. The third-order valence-electron chi connectivity index (χ3n) is 5.89. The van der Waals surface area contributed by atoms with Gasteiger partial charge in [0.1, 0.15) is 0 Å². The van der Waals surface area contributed by atoms with Crippen LogP contribution in [-0.4, -0.2) is 71.5 Å². The molecule has 0 aliphatic heterocycles. The van der Waals surface area contributed by atoms with Crippen LogP contribution >= 0.6 is 0 Å². The minimum Gasteiger partial charge on any atom is -0.339 e. The quantitative estimate of drug-likeness (QED) is 0.0880. The lowest BCUT2D eigenvalue weighted by Crippen LogP contribution is -2.74. The minimum absolute atomic E-state index is 0.00833. The third-order valence-corrected chi connectivity index (χ3v) is 5.89. The predicted molar refractivity (Wildman–Crippen MR) is 110 cm³/mol. The molecule has 0 rings (SSSR count). The molecule has 0 unspecified atom stereocenters. The molecule has 0 spiro atoms. The molecule has 244 valence electrons. The Morgan fingerprint density at radius 3 is 1.32 bits per heavy atom. The molecule has 0 N–H and O–H groups in total. The first-order valence-corrected chi connectivity index (χ1v) is 11.7. The number of carbonyl (C=O) groups excluding carboxylic acids is 1. The lowest BCUT2D eigenvalue weighted by Gasteiger charge is -2.42. The molecule has 0 bridgehead atoms. The maximum absolute atomic E-state index is 13.9. The summed E-state index contributed by atoms with van der Waals surface area (Å²) in [6.45, 7) is 6.90. The van der Waals surface area contributed by atoms with E-state index in [0.717, 1.165) is 0 Å². The molecule has 0 atom stereocenters. The van der Waals surface area contributed by atoms with Crippen LogP contribution in [0.25, 0.3) is 0 Å². The third kappa shape index (κ3) is 7.16. The van der Waals surface area contributed by atoms with E-state index in [-0.39, 0.29) is 31.5 Å². The molecule has 0 aromatic rings. The van der Waals surface area contributed by atoms with Gasteiger partial charge >= 0.3 is 47.6 Å². The zero-order valence-corrected chi connectivity index (χ0v) is 21.4. The summed E-state index contributed by atoms with van der Waals surface area (Å²) in [5.74, 6) is -56.6. The lowest BCUT2D eigenvalue weighted by atomic mass is 9.88. The van der Waals surface area contributed by atoms with Crippen molar-refractivity contribution in [2.24, 2.45) is 0 Å². The van der Waals surface area contributed by atoms with Gasteiger partial charge in [-0.25, -0.2) is 0 Å². The predicted octanol–water partition coefficient (Wildman–Crippen LogP) is 9.15. The number of hydrogen-bond donors (Lipinski definition) is 0. The van der Waals surface area contributed by atoms with Gasteiger partial charge < -0.3 is 4.90 Å². The highest BCUT2D eigenvalue weighted by molar-refractivity contribution is 5.92. The van der Waals surface area contributed by atoms with Crippen molar-refractivity contribution in [3.63, 3.8) is 0 Å². The number of alkyl halides is 17. The van der Waals surface area contributed by atoms with Crippen molar-refractivity contribution in [3.05, 3.63) is 12.2 Å². The van der Waals surface area contributed by atoms with Crippen LogP contribution in [0.5, 0.6) is 0 Å². The minimum atomic E-state index is -8.62. The summed E-state index contributed by atoms with van der Waals surface area (Å²) in [6, 6.07) is 0. The van der Waals surface area contributed by atoms with Gasteiger partial charge in [-0.15, -0.1) is 0 Å². The van der Waals surface area contributed by atoms with Gasteiger partial charge in [-0.05, 0) is 26.2 Å². The number of hydrogen-bond acceptors (Lipinski definition) is 1. The van der Waals surface area contributed by atoms with Gasteiger partial charge in [0.25, 0.3) is 0 Å². The lowest BCUT2D eigenvalue weighted by molar-refractivity contribution is -0.461. The van der Waals surface area contributed by atoms with E-state index in [1.807, 2.05) is 0 Å². The van der Waals surface area contributed by atoms with Crippen molar-refractivity contribution in [1.82, 2.24) is 4.90 Å². The van der Waals surface area contributed by atoms with E-state index in [0.29, 0.717) is 12.8 Å². The fourth-order valence-corrected chi connectivity index (χ4v) is 3.29. The molecular formula is C22H26F17NO. The Labute approximate surface area is 222 Å². The summed E-state index contributed by atoms with van der Waals surface area (Å²) in [7, 11) is 0. The first-order chi connectivity index (χ1) is 18.0. The number of unbranched alkanes of at least 4 members (excludes halogenated alkanes) is 4. The van der Waals surface area contributed by atoms with E-state index >= 15 is 0 Å². The second-order valence-corrected chi connectivity index (χ2v) is 9.24. The Morgan fingerprint density at radius 2 is 0.927 bits per heavy atom. The fourth-order valence-electron chi connectivity index (χ4n) is 3.29. The second-order valence-electron chi connectivity index (χ2n) is 9.24. The Morgan fingerprint density at radius 1 is 0.561 bits per heavy atom. The molecule has 0 radical (unpaired) electrons. The van der Waals surface area contributed by atoms with Crippen molar-refractivity contribution in [3.8, 4) is 0 Å². The standard InChI is InChI=1S/C22H26F17NO/c1-4-5-11-40(14(41)13(2)3)12-9-7-6-8-10-15(23,24)16(25,26)17(27,28)18(29,30)19(31,32)20(33,34)21(35,36)22(37,38)39/h2,4-12H2,1,3H3.